The van der Waals surface area contributed by atoms with Crippen LogP contribution < -0.4 is 10.6 Å². The molecule has 0 spiro atoms. The number of benzene rings is 1. The first-order valence-corrected chi connectivity index (χ1v) is 7.43. The summed E-state index contributed by atoms with van der Waals surface area (Å²) < 4.78 is 28.4. The van der Waals surface area contributed by atoms with Crippen molar-refractivity contribution in [1.82, 2.24) is 4.98 Å². The van der Waals surface area contributed by atoms with Gasteiger partial charge in [-0.05, 0) is 31.0 Å². The van der Waals surface area contributed by atoms with Gasteiger partial charge in [0.25, 0.3) is 0 Å². The lowest BCUT2D eigenvalue weighted by atomic mass is 10.2. The van der Waals surface area contributed by atoms with Crippen LogP contribution in [-0.4, -0.2) is 11.5 Å². The van der Waals surface area contributed by atoms with Crippen LogP contribution in [0.25, 0.3) is 0 Å². The smallest absolute Gasteiger partial charge is 0.169 e. The standard InChI is InChI=1S/C15H16BrF2N3/c1-3-6-19-14-11(17)8-12(18)15(21-14)20-13-7-10(16)5-4-9(13)2/h4-5,7-8H,3,6H2,1-2H3,(H2,19,20,21). The third-order valence-electron chi connectivity index (χ3n) is 2.92. The van der Waals surface area contributed by atoms with Gasteiger partial charge in [-0.1, -0.05) is 28.9 Å². The van der Waals surface area contributed by atoms with Gasteiger partial charge in [0.1, 0.15) is 0 Å². The molecule has 1 aromatic carbocycles. The topological polar surface area (TPSA) is 37.0 Å². The molecule has 0 aliphatic carbocycles. The number of halogens is 3. The summed E-state index contributed by atoms with van der Waals surface area (Å²) in [4.78, 5) is 3.99. The molecule has 0 unspecified atom stereocenters. The highest BCUT2D eigenvalue weighted by Crippen LogP contribution is 2.26. The van der Waals surface area contributed by atoms with Crippen LogP contribution in [0.1, 0.15) is 18.9 Å². The van der Waals surface area contributed by atoms with E-state index in [1.54, 1.807) is 0 Å². The van der Waals surface area contributed by atoms with Crippen LogP contribution in [0.3, 0.4) is 0 Å². The summed E-state index contributed by atoms with van der Waals surface area (Å²) in [5, 5.41) is 5.74. The molecule has 3 nitrogen and oxygen atoms in total. The number of hydrogen-bond acceptors (Lipinski definition) is 3. The van der Waals surface area contributed by atoms with Crippen LogP contribution in [0.5, 0.6) is 0 Å². The molecule has 0 radical (unpaired) electrons. The molecule has 0 bridgehead atoms. The Labute approximate surface area is 130 Å². The maximum atomic E-state index is 13.9. The summed E-state index contributed by atoms with van der Waals surface area (Å²) in [5.41, 5.74) is 1.65. The monoisotopic (exact) mass is 355 g/mol. The van der Waals surface area contributed by atoms with E-state index in [9.17, 15) is 8.78 Å². The zero-order valence-electron chi connectivity index (χ0n) is 11.8. The predicted octanol–water partition coefficient (Wildman–Crippen LogP) is 5.00. The van der Waals surface area contributed by atoms with E-state index in [1.807, 2.05) is 32.0 Å². The Hall–Kier alpha value is -1.69. The van der Waals surface area contributed by atoms with Gasteiger partial charge in [0.2, 0.25) is 0 Å². The van der Waals surface area contributed by atoms with Gasteiger partial charge in [0.05, 0.1) is 0 Å². The molecular weight excluding hydrogens is 340 g/mol. The first-order valence-electron chi connectivity index (χ1n) is 6.64. The zero-order valence-corrected chi connectivity index (χ0v) is 13.4. The van der Waals surface area contributed by atoms with Gasteiger partial charge in [0, 0.05) is 22.8 Å². The average molecular weight is 356 g/mol. The molecular formula is C15H16BrF2N3. The summed E-state index contributed by atoms with van der Waals surface area (Å²) in [6.45, 7) is 4.43. The minimum Gasteiger partial charge on any atom is -0.368 e. The van der Waals surface area contributed by atoms with E-state index in [4.69, 9.17) is 0 Å². The Kier molecular flexibility index (Phi) is 5.12. The van der Waals surface area contributed by atoms with Crippen LogP contribution in [0, 0.1) is 18.6 Å². The van der Waals surface area contributed by atoms with Crippen molar-refractivity contribution in [3.05, 3.63) is 45.9 Å². The minimum absolute atomic E-state index is 0.00352. The summed E-state index contributed by atoms with van der Waals surface area (Å²) in [6.07, 6.45) is 0.825. The van der Waals surface area contributed by atoms with Crippen molar-refractivity contribution in [2.45, 2.75) is 20.3 Å². The van der Waals surface area contributed by atoms with Crippen LogP contribution in [0.4, 0.5) is 26.1 Å². The van der Waals surface area contributed by atoms with Crippen molar-refractivity contribution in [2.24, 2.45) is 0 Å². The van der Waals surface area contributed by atoms with E-state index < -0.39 is 11.6 Å². The van der Waals surface area contributed by atoms with E-state index in [0.29, 0.717) is 12.2 Å². The van der Waals surface area contributed by atoms with E-state index in [-0.39, 0.29) is 11.6 Å². The predicted molar refractivity (Wildman–Crippen MR) is 85.1 cm³/mol. The Morgan fingerprint density at radius 3 is 2.57 bits per heavy atom. The Balaban J connectivity index is 2.32. The largest absolute Gasteiger partial charge is 0.368 e. The van der Waals surface area contributed by atoms with Gasteiger partial charge in [0.15, 0.2) is 23.3 Å². The third kappa shape index (κ3) is 3.91. The molecule has 112 valence electrons. The molecule has 6 heteroatoms. The fourth-order valence-electron chi connectivity index (χ4n) is 1.78. The molecule has 1 heterocycles. The highest BCUT2D eigenvalue weighted by atomic mass is 79.9. The van der Waals surface area contributed by atoms with Gasteiger partial charge in [-0.15, -0.1) is 0 Å². The minimum atomic E-state index is -0.728. The van der Waals surface area contributed by atoms with Crippen molar-refractivity contribution in [3.8, 4) is 0 Å². The second-order valence-electron chi connectivity index (χ2n) is 4.66. The molecule has 0 saturated carbocycles. The normalized spacial score (nSPS) is 10.5. The van der Waals surface area contributed by atoms with Crippen molar-refractivity contribution < 1.29 is 8.78 Å². The maximum Gasteiger partial charge on any atom is 0.169 e. The summed E-state index contributed by atoms with van der Waals surface area (Å²) in [6, 6.07) is 6.44. The Morgan fingerprint density at radius 1 is 1.14 bits per heavy atom. The Morgan fingerprint density at radius 2 is 1.86 bits per heavy atom. The fraction of sp³-hybridized carbons (Fsp3) is 0.267. The molecule has 0 fully saturated rings. The number of nitrogens with one attached hydrogen (secondary N) is 2. The van der Waals surface area contributed by atoms with Crippen molar-refractivity contribution in [1.29, 1.82) is 0 Å². The molecule has 0 amide bonds. The molecule has 0 aliphatic rings. The van der Waals surface area contributed by atoms with Crippen LogP contribution in [0.2, 0.25) is 0 Å². The van der Waals surface area contributed by atoms with Gasteiger partial charge < -0.3 is 10.6 Å². The fourth-order valence-corrected chi connectivity index (χ4v) is 2.14. The van der Waals surface area contributed by atoms with E-state index in [1.165, 1.54) is 0 Å². The van der Waals surface area contributed by atoms with Crippen molar-refractivity contribution >= 4 is 33.3 Å². The van der Waals surface area contributed by atoms with Crippen molar-refractivity contribution in [2.75, 3.05) is 17.2 Å². The number of aryl methyl sites for hydroxylation is 1. The molecule has 0 atom stereocenters. The highest BCUT2D eigenvalue weighted by Gasteiger charge is 2.12. The quantitative estimate of drug-likeness (QED) is 0.792. The summed E-state index contributed by atoms with van der Waals surface area (Å²) in [7, 11) is 0. The third-order valence-corrected chi connectivity index (χ3v) is 3.42. The first-order chi connectivity index (χ1) is 10.0. The van der Waals surface area contributed by atoms with Gasteiger partial charge >= 0.3 is 0 Å². The molecule has 21 heavy (non-hydrogen) atoms. The number of hydrogen-bond donors (Lipinski definition) is 2. The lowest BCUT2D eigenvalue weighted by molar-refractivity contribution is 0.579. The number of aromatic nitrogens is 1. The summed E-state index contributed by atoms with van der Waals surface area (Å²) in [5.74, 6) is -1.38. The Bertz CT molecular complexity index is 647. The number of anilines is 3. The molecule has 2 aromatic rings. The van der Waals surface area contributed by atoms with Gasteiger partial charge in [-0.3, -0.25) is 0 Å². The number of pyridine rings is 1. The van der Waals surface area contributed by atoms with Crippen molar-refractivity contribution in [3.63, 3.8) is 0 Å². The van der Waals surface area contributed by atoms with Crippen LogP contribution >= 0.6 is 15.9 Å². The highest BCUT2D eigenvalue weighted by molar-refractivity contribution is 9.10. The first kappa shape index (κ1) is 15.7. The number of rotatable bonds is 5. The van der Waals surface area contributed by atoms with E-state index in [2.05, 4.69) is 31.5 Å². The van der Waals surface area contributed by atoms with Crippen LogP contribution in [-0.2, 0) is 0 Å². The van der Waals surface area contributed by atoms with Gasteiger partial charge in [-0.2, -0.15) is 0 Å². The summed E-state index contributed by atoms with van der Waals surface area (Å²) >= 11 is 3.36. The second kappa shape index (κ2) is 6.85. The maximum absolute atomic E-state index is 13.9. The van der Waals surface area contributed by atoms with E-state index in [0.717, 1.165) is 22.5 Å². The molecule has 2 rings (SSSR count). The van der Waals surface area contributed by atoms with Gasteiger partial charge in [-0.25, -0.2) is 13.8 Å². The SMILES string of the molecule is CCCNc1nc(Nc2cc(Br)ccc2C)c(F)cc1F. The molecule has 0 saturated heterocycles. The van der Waals surface area contributed by atoms with Crippen LogP contribution in [0.15, 0.2) is 28.7 Å². The number of nitrogens with zero attached hydrogens (tertiary/aromatic N) is 1. The lowest BCUT2D eigenvalue weighted by Crippen LogP contribution is -2.08. The zero-order chi connectivity index (χ0) is 15.4. The average Bonchev–Trinajstić information content (AvgIpc) is 2.44. The second-order valence-corrected chi connectivity index (χ2v) is 5.58. The molecule has 2 N–H and O–H groups in total. The molecule has 1 aromatic heterocycles. The lowest BCUT2D eigenvalue weighted by Gasteiger charge is -2.12. The van der Waals surface area contributed by atoms with E-state index >= 15 is 0 Å². The molecule has 0 aliphatic heterocycles.